The first-order valence-corrected chi connectivity index (χ1v) is 10.4. The number of nitrogens with zero attached hydrogens (tertiary/aromatic N) is 2. The van der Waals surface area contributed by atoms with Gasteiger partial charge in [-0.15, -0.1) is 11.3 Å². The summed E-state index contributed by atoms with van der Waals surface area (Å²) in [5.41, 5.74) is 0.602. The number of benzene rings is 1. The van der Waals surface area contributed by atoms with Crippen molar-refractivity contribution < 1.29 is 14.3 Å². The second-order valence-corrected chi connectivity index (χ2v) is 8.70. The van der Waals surface area contributed by atoms with Crippen LogP contribution >= 0.6 is 11.3 Å². The average Bonchev–Trinajstić information content (AvgIpc) is 3.10. The minimum atomic E-state index is -0.276. The lowest BCUT2D eigenvalue weighted by Gasteiger charge is -2.32. The summed E-state index contributed by atoms with van der Waals surface area (Å²) in [5, 5.41) is 5.92. The smallest absolute Gasteiger partial charge is 0.318 e. The van der Waals surface area contributed by atoms with E-state index in [1.165, 1.54) is 0 Å². The van der Waals surface area contributed by atoms with Crippen LogP contribution in [0.1, 0.15) is 51.7 Å². The maximum absolute atomic E-state index is 12.7. The van der Waals surface area contributed by atoms with E-state index in [9.17, 15) is 4.79 Å². The van der Waals surface area contributed by atoms with Gasteiger partial charge in [0.15, 0.2) is 0 Å². The van der Waals surface area contributed by atoms with E-state index >= 15 is 0 Å². The highest BCUT2D eigenvalue weighted by molar-refractivity contribution is 7.09. The van der Waals surface area contributed by atoms with Crippen LogP contribution in [0.5, 0.6) is 11.5 Å². The Hall–Kier alpha value is -2.28. The van der Waals surface area contributed by atoms with Crippen molar-refractivity contribution in [3.8, 4) is 11.5 Å². The van der Waals surface area contributed by atoms with Crippen molar-refractivity contribution in [3.05, 3.63) is 40.3 Å². The molecule has 2 aromatic rings. The Balaban J connectivity index is 1.98. The highest BCUT2D eigenvalue weighted by atomic mass is 32.1. The van der Waals surface area contributed by atoms with Crippen molar-refractivity contribution in [3.63, 3.8) is 0 Å². The predicted octanol–water partition coefficient (Wildman–Crippen LogP) is 4.84. The summed E-state index contributed by atoms with van der Waals surface area (Å²) in [6.45, 7) is 11.0. The number of ether oxygens (including phenoxy) is 2. The zero-order valence-corrected chi connectivity index (χ0v) is 18.4. The number of carbonyl (C=O) groups is 1. The van der Waals surface area contributed by atoms with Crippen LogP contribution in [0.4, 0.5) is 4.79 Å². The van der Waals surface area contributed by atoms with Gasteiger partial charge in [-0.05, 0) is 58.4 Å². The van der Waals surface area contributed by atoms with Gasteiger partial charge in [0.25, 0.3) is 0 Å². The predicted molar refractivity (Wildman–Crippen MR) is 113 cm³/mol. The Labute approximate surface area is 171 Å². The fourth-order valence-corrected chi connectivity index (χ4v) is 3.22. The van der Waals surface area contributed by atoms with Crippen LogP contribution in [-0.4, -0.2) is 34.6 Å². The molecule has 7 heteroatoms. The molecule has 2 amide bonds. The summed E-state index contributed by atoms with van der Waals surface area (Å²) >= 11 is 1.54. The lowest BCUT2D eigenvalue weighted by Crippen LogP contribution is -2.50. The molecule has 1 aromatic heterocycles. The number of aromatic nitrogens is 1. The molecule has 6 nitrogen and oxygen atoms in total. The Kier molecular flexibility index (Phi) is 7.69. The van der Waals surface area contributed by atoms with E-state index in [0.717, 1.165) is 28.6 Å². The third kappa shape index (κ3) is 6.71. The van der Waals surface area contributed by atoms with E-state index in [0.29, 0.717) is 13.2 Å². The number of urea groups is 1. The molecule has 0 spiro atoms. The van der Waals surface area contributed by atoms with Crippen LogP contribution in [0.25, 0.3) is 0 Å². The molecule has 0 unspecified atom stereocenters. The highest BCUT2D eigenvalue weighted by Crippen LogP contribution is 2.20. The number of carbonyl (C=O) groups excluding carboxylic acids is 1. The zero-order chi connectivity index (χ0) is 20.7. The first-order chi connectivity index (χ1) is 13.2. The summed E-state index contributed by atoms with van der Waals surface area (Å²) < 4.78 is 10.9. The Bertz CT molecular complexity index is 753. The van der Waals surface area contributed by atoms with Gasteiger partial charge in [0.05, 0.1) is 19.3 Å². The molecule has 1 N–H and O–H groups in total. The molecule has 0 radical (unpaired) electrons. The number of nitrogens with one attached hydrogen (secondary N) is 1. The summed E-state index contributed by atoms with van der Waals surface area (Å²) in [7, 11) is 1.64. The molecule has 1 aromatic carbocycles. The van der Waals surface area contributed by atoms with Crippen LogP contribution in [0, 0.1) is 0 Å². The van der Waals surface area contributed by atoms with E-state index in [2.05, 4.69) is 24.1 Å². The molecule has 1 atom stereocenters. The Morgan fingerprint density at radius 3 is 2.46 bits per heavy atom. The Morgan fingerprint density at radius 2 is 1.89 bits per heavy atom. The molecule has 0 aliphatic rings. The molecule has 0 saturated heterocycles. The van der Waals surface area contributed by atoms with E-state index < -0.39 is 0 Å². The van der Waals surface area contributed by atoms with Crippen molar-refractivity contribution in [1.82, 2.24) is 15.2 Å². The van der Waals surface area contributed by atoms with Crippen LogP contribution < -0.4 is 14.8 Å². The standard InChI is InChI=1S/C21H31N3O3S/c1-7-15(2)24(20(25)23-21(3,4)5)12-16-14-28-19(22-16)13-27-18-10-8-17(26-6)9-11-18/h8-11,14-15H,7,12-13H2,1-6H3,(H,23,25)/t15-/m0/s1. The van der Waals surface area contributed by atoms with Gasteiger partial charge >= 0.3 is 6.03 Å². The molecule has 1 heterocycles. The molecule has 0 aliphatic carbocycles. The van der Waals surface area contributed by atoms with Crippen LogP contribution in [0.3, 0.4) is 0 Å². The van der Waals surface area contributed by atoms with Gasteiger partial charge in [0, 0.05) is 17.0 Å². The SMILES string of the molecule is CC[C@H](C)N(Cc1csc(COc2ccc(OC)cc2)n1)C(=O)NC(C)(C)C. The lowest BCUT2D eigenvalue weighted by molar-refractivity contribution is 0.164. The summed E-state index contributed by atoms with van der Waals surface area (Å²) in [5.74, 6) is 1.56. The number of rotatable bonds is 8. The van der Waals surface area contributed by atoms with Gasteiger partial charge in [0.2, 0.25) is 0 Å². The molecule has 28 heavy (non-hydrogen) atoms. The van der Waals surface area contributed by atoms with Gasteiger partial charge in [-0.2, -0.15) is 0 Å². The van der Waals surface area contributed by atoms with E-state index in [-0.39, 0.29) is 17.6 Å². The third-order valence-corrected chi connectivity index (χ3v) is 5.09. The monoisotopic (exact) mass is 405 g/mol. The van der Waals surface area contributed by atoms with Gasteiger partial charge in [-0.1, -0.05) is 6.92 Å². The van der Waals surface area contributed by atoms with Crippen molar-refractivity contribution in [1.29, 1.82) is 0 Å². The van der Waals surface area contributed by atoms with E-state index in [1.54, 1.807) is 18.4 Å². The normalized spacial score (nSPS) is 12.4. The first kappa shape index (κ1) is 22.0. The molecule has 0 saturated carbocycles. The third-order valence-electron chi connectivity index (χ3n) is 4.22. The minimum absolute atomic E-state index is 0.0640. The van der Waals surface area contributed by atoms with Crippen LogP contribution in [-0.2, 0) is 13.2 Å². The van der Waals surface area contributed by atoms with Crippen molar-refractivity contribution in [2.45, 2.75) is 65.8 Å². The van der Waals surface area contributed by atoms with E-state index in [4.69, 9.17) is 9.47 Å². The first-order valence-electron chi connectivity index (χ1n) is 9.50. The van der Waals surface area contributed by atoms with Gasteiger partial charge in [-0.25, -0.2) is 9.78 Å². The molecular weight excluding hydrogens is 374 g/mol. The number of thiazole rings is 1. The molecule has 0 aliphatic heterocycles. The quantitative estimate of drug-likeness (QED) is 0.683. The maximum Gasteiger partial charge on any atom is 0.318 e. The fraction of sp³-hybridized carbons (Fsp3) is 0.524. The van der Waals surface area contributed by atoms with Gasteiger partial charge < -0.3 is 19.7 Å². The number of methoxy groups -OCH3 is 1. The van der Waals surface area contributed by atoms with Crippen LogP contribution in [0.2, 0.25) is 0 Å². The van der Waals surface area contributed by atoms with Gasteiger partial charge in [-0.3, -0.25) is 0 Å². The molecule has 0 bridgehead atoms. The Morgan fingerprint density at radius 1 is 1.25 bits per heavy atom. The number of hydrogen-bond donors (Lipinski definition) is 1. The topological polar surface area (TPSA) is 63.7 Å². The minimum Gasteiger partial charge on any atom is -0.497 e. The lowest BCUT2D eigenvalue weighted by atomic mass is 10.1. The highest BCUT2D eigenvalue weighted by Gasteiger charge is 2.24. The molecular formula is C21H31N3O3S. The van der Waals surface area contributed by atoms with Crippen molar-refractivity contribution in [2.75, 3.05) is 7.11 Å². The molecule has 0 fully saturated rings. The van der Waals surface area contributed by atoms with Crippen LogP contribution in [0.15, 0.2) is 29.6 Å². The second kappa shape index (κ2) is 9.78. The maximum atomic E-state index is 12.7. The number of amides is 2. The summed E-state index contributed by atoms with van der Waals surface area (Å²) in [4.78, 5) is 19.2. The molecule has 154 valence electrons. The summed E-state index contributed by atoms with van der Waals surface area (Å²) in [6, 6.07) is 7.53. The number of hydrogen-bond acceptors (Lipinski definition) is 5. The van der Waals surface area contributed by atoms with Crippen molar-refractivity contribution >= 4 is 17.4 Å². The fourth-order valence-electron chi connectivity index (χ4n) is 2.52. The zero-order valence-electron chi connectivity index (χ0n) is 17.6. The van der Waals surface area contributed by atoms with Gasteiger partial charge in [0.1, 0.15) is 23.1 Å². The summed E-state index contributed by atoms with van der Waals surface area (Å²) in [6.07, 6.45) is 0.884. The van der Waals surface area contributed by atoms with Crippen molar-refractivity contribution in [2.24, 2.45) is 0 Å². The largest absolute Gasteiger partial charge is 0.497 e. The molecule has 2 rings (SSSR count). The second-order valence-electron chi connectivity index (χ2n) is 7.76. The van der Waals surface area contributed by atoms with E-state index in [1.807, 2.05) is 55.3 Å². The average molecular weight is 406 g/mol.